The predicted octanol–water partition coefficient (Wildman–Crippen LogP) is 1.91. The summed E-state index contributed by atoms with van der Waals surface area (Å²) in [5.41, 5.74) is 1.71. The van der Waals surface area contributed by atoms with Crippen molar-refractivity contribution in [3.05, 3.63) is 17.5 Å². The molecule has 1 aliphatic carbocycles. The largest absolute Gasteiger partial charge is 0.351 e. The zero-order valence-corrected chi connectivity index (χ0v) is 14.2. The summed E-state index contributed by atoms with van der Waals surface area (Å²) in [6.45, 7) is 3.18. The quantitative estimate of drug-likeness (QED) is 0.901. The van der Waals surface area contributed by atoms with Crippen LogP contribution < -0.4 is 5.32 Å². The SMILES string of the molecule is O=C1NCCCn2nc(C3CCN(C(=O)C4CCCC4)CC3)cc21. The number of aryl methyl sites for hydroxylation is 1. The minimum atomic E-state index is -0.0138. The maximum absolute atomic E-state index is 12.5. The van der Waals surface area contributed by atoms with Crippen molar-refractivity contribution in [3.8, 4) is 0 Å². The number of nitrogens with one attached hydrogen (secondary N) is 1. The van der Waals surface area contributed by atoms with Gasteiger partial charge in [0.1, 0.15) is 5.69 Å². The minimum absolute atomic E-state index is 0.0138. The molecule has 2 aliphatic heterocycles. The van der Waals surface area contributed by atoms with Gasteiger partial charge in [0.2, 0.25) is 5.91 Å². The second-order valence-electron chi connectivity index (χ2n) is 7.37. The van der Waals surface area contributed by atoms with Gasteiger partial charge in [0.05, 0.1) is 5.69 Å². The molecule has 1 saturated heterocycles. The summed E-state index contributed by atoms with van der Waals surface area (Å²) in [5, 5.41) is 7.60. The Kier molecular flexibility index (Phi) is 4.29. The average molecular weight is 330 g/mol. The van der Waals surface area contributed by atoms with E-state index in [0.717, 1.165) is 64.0 Å². The van der Waals surface area contributed by atoms with Gasteiger partial charge in [0.15, 0.2) is 0 Å². The van der Waals surface area contributed by atoms with Crippen LogP contribution in [0.3, 0.4) is 0 Å². The van der Waals surface area contributed by atoms with E-state index in [2.05, 4.69) is 15.3 Å². The predicted molar refractivity (Wildman–Crippen MR) is 89.7 cm³/mol. The Morgan fingerprint density at radius 2 is 1.83 bits per heavy atom. The lowest BCUT2D eigenvalue weighted by atomic mass is 9.92. The molecule has 130 valence electrons. The fourth-order valence-electron chi connectivity index (χ4n) is 4.34. The van der Waals surface area contributed by atoms with E-state index in [1.54, 1.807) is 0 Å². The molecule has 6 heteroatoms. The number of hydrogen-bond acceptors (Lipinski definition) is 3. The van der Waals surface area contributed by atoms with Gasteiger partial charge in [0, 0.05) is 38.0 Å². The summed E-state index contributed by atoms with van der Waals surface area (Å²) in [7, 11) is 0. The number of carbonyl (C=O) groups is 2. The second kappa shape index (κ2) is 6.57. The third kappa shape index (κ3) is 2.94. The van der Waals surface area contributed by atoms with E-state index < -0.39 is 0 Å². The third-order valence-corrected chi connectivity index (χ3v) is 5.79. The van der Waals surface area contributed by atoms with E-state index >= 15 is 0 Å². The van der Waals surface area contributed by atoms with Crippen molar-refractivity contribution in [3.63, 3.8) is 0 Å². The number of likely N-dealkylation sites (tertiary alicyclic amines) is 1. The van der Waals surface area contributed by atoms with Crippen molar-refractivity contribution in [2.75, 3.05) is 19.6 Å². The zero-order chi connectivity index (χ0) is 16.5. The smallest absolute Gasteiger partial charge is 0.269 e. The number of nitrogens with zero attached hydrogens (tertiary/aromatic N) is 3. The first-order valence-electron chi connectivity index (χ1n) is 9.37. The number of fused-ring (bicyclic) bond motifs is 1. The van der Waals surface area contributed by atoms with Gasteiger partial charge >= 0.3 is 0 Å². The molecule has 1 saturated carbocycles. The highest BCUT2D eigenvalue weighted by atomic mass is 16.2. The zero-order valence-electron chi connectivity index (χ0n) is 14.2. The van der Waals surface area contributed by atoms with Gasteiger partial charge in [-0.05, 0) is 38.2 Å². The molecule has 3 heterocycles. The second-order valence-corrected chi connectivity index (χ2v) is 7.37. The highest BCUT2D eigenvalue weighted by molar-refractivity contribution is 5.92. The van der Waals surface area contributed by atoms with E-state index in [4.69, 9.17) is 0 Å². The lowest BCUT2D eigenvalue weighted by molar-refractivity contribution is -0.136. The summed E-state index contributed by atoms with van der Waals surface area (Å²) < 4.78 is 1.85. The van der Waals surface area contributed by atoms with Crippen molar-refractivity contribution in [1.29, 1.82) is 0 Å². The molecule has 0 unspecified atom stereocenters. The van der Waals surface area contributed by atoms with Gasteiger partial charge < -0.3 is 10.2 Å². The standard InChI is InChI=1S/C18H26N4O2/c23-17-16-12-15(20-22(16)9-3-8-19-17)13-6-10-21(11-7-13)18(24)14-4-1-2-5-14/h12-14H,1-11H2,(H,19,23). The van der Waals surface area contributed by atoms with Crippen molar-refractivity contribution in [2.45, 2.75) is 57.4 Å². The molecule has 6 nitrogen and oxygen atoms in total. The van der Waals surface area contributed by atoms with Gasteiger partial charge in [-0.3, -0.25) is 14.3 Å². The summed E-state index contributed by atoms with van der Waals surface area (Å²) in [6, 6.07) is 1.96. The maximum atomic E-state index is 12.5. The number of hydrogen-bond donors (Lipinski definition) is 1. The van der Waals surface area contributed by atoms with Crippen LogP contribution in [-0.2, 0) is 11.3 Å². The molecule has 1 aromatic heterocycles. The van der Waals surface area contributed by atoms with Gasteiger partial charge in [-0.2, -0.15) is 5.10 Å². The van der Waals surface area contributed by atoms with Gasteiger partial charge in [0.25, 0.3) is 5.91 Å². The van der Waals surface area contributed by atoms with Crippen LogP contribution in [0.5, 0.6) is 0 Å². The van der Waals surface area contributed by atoms with E-state index in [0.29, 0.717) is 17.5 Å². The summed E-state index contributed by atoms with van der Waals surface area (Å²) in [4.78, 5) is 26.7. The Morgan fingerprint density at radius 1 is 1.08 bits per heavy atom. The van der Waals surface area contributed by atoms with Crippen molar-refractivity contribution >= 4 is 11.8 Å². The van der Waals surface area contributed by atoms with Crippen LogP contribution in [0.25, 0.3) is 0 Å². The summed E-state index contributed by atoms with van der Waals surface area (Å²) >= 11 is 0. The van der Waals surface area contributed by atoms with Crippen LogP contribution in [0.2, 0.25) is 0 Å². The molecule has 0 spiro atoms. The molecule has 24 heavy (non-hydrogen) atoms. The fourth-order valence-corrected chi connectivity index (χ4v) is 4.34. The van der Waals surface area contributed by atoms with Crippen LogP contribution in [0, 0.1) is 5.92 Å². The molecule has 0 aromatic carbocycles. The molecule has 1 aromatic rings. The monoisotopic (exact) mass is 330 g/mol. The molecule has 2 fully saturated rings. The molecule has 1 N–H and O–H groups in total. The van der Waals surface area contributed by atoms with Crippen molar-refractivity contribution < 1.29 is 9.59 Å². The Balaban J connectivity index is 1.40. The maximum Gasteiger partial charge on any atom is 0.269 e. The molecule has 3 aliphatic rings. The number of aromatic nitrogens is 2. The van der Waals surface area contributed by atoms with E-state index in [9.17, 15) is 9.59 Å². The normalized spacial score (nSPS) is 23.0. The van der Waals surface area contributed by atoms with Crippen molar-refractivity contribution in [2.24, 2.45) is 5.92 Å². The first-order chi connectivity index (χ1) is 11.7. The molecule has 0 bridgehead atoms. The Bertz CT molecular complexity index is 625. The number of carbonyl (C=O) groups excluding carboxylic acids is 2. The van der Waals surface area contributed by atoms with Crippen LogP contribution in [0.1, 0.15) is 67.0 Å². The van der Waals surface area contributed by atoms with Gasteiger partial charge in [-0.25, -0.2) is 0 Å². The highest BCUT2D eigenvalue weighted by Crippen LogP contribution is 2.31. The van der Waals surface area contributed by atoms with Crippen LogP contribution >= 0.6 is 0 Å². The fraction of sp³-hybridized carbons (Fsp3) is 0.722. The summed E-state index contributed by atoms with van der Waals surface area (Å²) in [6.07, 6.45) is 7.38. The molecule has 0 atom stereocenters. The lowest BCUT2D eigenvalue weighted by Gasteiger charge is -2.33. The van der Waals surface area contributed by atoms with E-state index in [-0.39, 0.29) is 11.8 Å². The first-order valence-corrected chi connectivity index (χ1v) is 9.37. The molecular weight excluding hydrogens is 304 g/mol. The van der Waals surface area contributed by atoms with Crippen LogP contribution in [-0.4, -0.2) is 46.1 Å². The van der Waals surface area contributed by atoms with E-state index in [1.807, 2.05) is 10.7 Å². The third-order valence-electron chi connectivity index (χ3n) is 5.79. The average Bonchev–Trinajstić information content (AvgIpc) is 3.25. The molecule has 2 amide bonds. The minimum Gasteiger partial charge on any atom is -0.351 e. The number of amides is 2. The van der Waals surface area contributed by atoms with Crippen LogP contribution in [0.4, 0.5) is 0 Å². The van der Waals surface area contributed by atoms with E-state index in [1.165, 1.54) is 12.8 Å². The highest BCUT2D eigenvalue weighted by Gasteiger charge is 2.31. The molecule has 4 rings (SSSR count). The van der Waals surface area contributed by atoms with Crippen LogP contribution in [0.15, 0.2) is 6.07 Å². The summed E-state index contributed by atoms with van der Waals surface area (Å²) in [5.74, 6) is 0.991. The van der Waals surface area contributed by atoms with Gasteiger partial charge in [-0.15, -0.1) is 0 Å². The lowest BCUT2D eigenvalue weighted by Crippen LogP contribution is -2.40. The first kappa shape index (κ1) is 15.7. The van der Waals surface area contributed by atoms with Crippen molar-refractivity contribution in [1.82, 2.24) is 20.0 Å². The van der Waals surface area contributed by atoms with Gasteiger partial charge in [-0.1, -0.05) is 12.8 Å². The Morgan fingerprint density at radius 3 is 2.58 bits per heavy atom. The Labute approximate surface area is 142 Å². The topological polar surface area (TPSA) is 67.2 Å². The number of rotatable bonds is 2. The molecule has 0 radical (unpaired) electrons. The number of piperidine rings is 1. The molecular formula is C18H26N4O2. The Hall–Kier alpha value is -1.85.